The molecule has 2 unspecified atom stereocenters. The largest absolute Gasteiger partial charge is 0.381 e. The Morgan fingerprint density at radius 1 is 1.64 bits per heavy atom. The predicted octanol–water partition coefficient (Wildman–Crippen LogP) is 1.71. The van der Waals surface area contributed by atoms with Gasteiger partial charge >= 0.3 is 0 Å². The molecule has 2 atom stereocenters. The van der Waals surface area contributed by atoms with Crippen LogP contribution in [0.25, 0.3) is 0 Å². The van der Waals surface area contributed by atoms with Gasteiger partial charge in [-0.3, -0.25) is 0 Å². The standard InChI is InChI=1S/C7H13ClO2S/c8-11(9)5-1-2-7-3-4-10-6-7/h7H,1-6H2. The summed E-state index contributed by atoms with van der Waals surface area (Å²) < 4.78 is 15.7. The third-order valence-corrected chi connectivity index (χ3v) is 3.01. The Bertz CT molecular complexity index is 134. The zero-order valence-electron chi connectivity index (χ0n) is 6.42. The molecule has 0 aromatic carbocycles. The molecule has 0 aromatic heterocycles. The van der Waals surface area contributed by atoms with Gasteiger partial charge in [0.25, 0.3) is 0 Å². The highest BCUT2D eigenvalue weighted by molar-refractivity contribution is 8.08. The highest BCUT2D eigenvalue weighted by Gasteiger charge is 2.14. The number of ether oxygens (including phenoxy) is 1. The van der Waals surface area contributed by atoms with E-state index in [4.69, 9.17) is 15.4 Å². The van der Waals surface area contributed by atoms with Crippen LogP contribution >= 0.6 is 10.7 Å². The molecule has 0 spiro atoms. The fraction of sp³-hybridized carbons (Fsp3) is 1.00. The summed E-state index contributed by atoms with van der Waals surface area (Å²) in [5.74, 6) is 1.31. The lowest BCUT2D eigenvalue weighted by Crippen LogP contribution is -2.01. The molecule has 0 bridgehead atoms. The van der Waals surface area contributed by atoms with Crippen molar-refractivity contribution in [1.82, 2.24) is 0 Å². The number of hydrogen-bond acceptors (Lipinski definition) is 2. The highest BCUT2D eigenvalue weighted by atomic mass is 35.7. The zero-order valence-corrected chi connectivity index (χ0v) is 8.00. The predicted molar refractivity (Wildman–Crippen MR) is 47.0 cm³/mol. The Balaban J connectivity index is 1.98. The van der Waals surface area contributed by atoms with Crippen molar-refractivity contribution in [2.75, 3.05) is 19.0 Å². The highest BCUT2D eigenvalue weighted by Crippen LogP contribution is 2.18. The van der Waals surface area contributed by atoms with Crippen LogP contribution in [-0.4, -0.2) is 23.2 Å². The van der Waals surface area contributed by atoms with Crippen molar-refractivity contribution in [3.8, 4) is 0 Å². The molecule has 1 aliphatic rings. The molecular formula is C7H13ClO2S. The van der Waals surface area contributed by atoms with Gasteiger partial charge in [0.05, 0.1) is 0 Å². The van der Waals surface area contributed by atoms with Crippen LogP contribution in [0.3, 0.4) is 0 Å². The van der Waals surface area contributed by atoms with Crippen molar-refractivity contribution in [2.45, 2.75) is 19.3 Å². The van der Waals surface area contributed by atoms with Crippen LogP contribution in [0.1, 0.15) is 19.3 Å². The van der Waals surface area contributed by atoms with Gasteiger partial charge in [0.15, 0.2) is 0 Å². The monoisotopic (exact) mass is 196 g/mol. The lowest BCUT2D eigenvalue weighted by atomic mass is 10.0. The molecule has 0 radical (unpaired) electrons. The van der Waals surface area contributed by atoms with Crippen LogP contribution in [0.15, 0.2) is 0 Å². The second-order valence-electron chi connectivity index (χ2n) is 2.87. The molecule has 66 valence electrons. The minimum Gasteiger partial charge on any atom is -0.381 e. The van der Waals surface area contributed by atoms with Crippen LogP contribution in [0, 0.1) is 5.92 Å². The first-order valence-corrected chi connectivity index (χ1v) is 6.06. The Morgan fingerprint density at radius 3 is 3.00 bits per heavy atom. The van der Waals surface area contributed by atoms with Gasteiger partial charge in [-0.15, -0.1) is 0 Å². The van der Waals surface area contributed by atoms with E-state index >= 15 is 0 Å². The van der Waals surface area contributed by atoms with Crippen LogP contribution in [0.5, 0.6) is 0 Å². The third-order valence-electron chi connectivity index (χ3n) is 1.94. The molecule has 1 rings (SSSR count). The van der Waals surface area contributed by atoms with E-state index in [1.165, 1.54) is 0 Å². The summed E-state index contributed by atoms with van der Waals surface area (Å²) in [6, 6.07) is 0. The Labute approximate surface area is 74.2 Å². The first-order valence-electron chi connectivity index (χ1n) is 3.91. The smallest absolute Gasteiger partial charge is 0.114 e. The lowest BCUT2D eigenvalue weighted by molar-refractivity contribution is 0.184. The molecule has 0 aliphatic carbocycles. The molecule has 11 heavy (non-hydrogen) atoms. The van der Waals surface area contributed by atoms with Crippen molar-refractivity contribution in [1.29, 1.82) is 0 Å². The quantitative estimate of drug-likeness (QED) is 0.640. The molecule has 0 saturated carbocycles. The summed E-state index contributed by atoms with van der Waals surface area (Å²) in [6.07, 6.45) is 3.23. The van der Waals surface area contributed by atoms with E-state index in [0.717, 1.165) is 32.5 Å². The van der Waals surface area contributed by atoms with E-state index in [1.54, 1.807) is 0 Å². The minimum atomic E-state index is -1.13. The van der Waals surface area contributed by atoms with Gasteiger partial charge in [0, 0.05) is 19.0 Å². The average Bonchev–Trinajstić information content (AvgIpc) is 2.39. The molecule has 0 aromatic rings. The topological polar surface area (TPSA) is 26.3 Å². The number of rotatable bonds is 4. The molecule has 4 heteroatoms. The summed E-state index contributed by atoms with van der Waals surface area (Å²) in [7, 11) is 4.17. The van der Waals surface area contributed by atoms with Gasteiger partial charge in [-0.05, 0) is 35.9 Å². The fourth-order valence-corrected chi connectivity index (χ4v) is 2.02. The van der Waals surface area contributed by atoms with Gasteiger partial charge in [-0.2, -0.15) is 0 Å². The second-order valence-corrected chi connectivity index (χ2v) is 4.89. The van der Waals surface area contributed by atoms with Gasteiger partial charge in [0.1, 0.15) is 10.0 Å². The van der Waals surface area contributed by atoms with Crippen LogP contribution < -0.4 is 0 Å². The molecule has 0 amide bonds. The Kier molecular flexibility index (Phi) is 4.41. The van der Waals surface area contributed by atoms with Gasteiger partial charge < -0.3 is 4.74 Å². The summed E-state index contributed by atoms with van der Waals surface area (Å²) in [6.45, 7) is 1.78. The van der Waals surface area contributed by atoms with Crippen LogP contribution in [-0.2, 0) is 14.7 Å². The molecule has 0 N–H and O–H groups in total. The summed E-state index contributed by atoms with van der Waals surface area (Å²) >= 11 is 0. The van der Waals surface area contributed by atoms with E-state index in [0.29, 0.717) is 11.7 Å². The third kappa shape index (κ3) is 4.09. The SMILES string of the molecule is O=S(Cl)CCCC1CCOC1. The molecule has 1 saturated heterocycles. The first-order chi connectivity index (χ1) is 5.29. The summed E-state index contributed by atoms with van der Waals surface area (Å²) in [5, 5.41) is 0. The van der Waals surface area contributed by atoms with Gasteiger partial charge in [-0.1, -0.05) is 0 Å². The number of halogens is 1. The normalized spacial score (nSPS) is 27.2. The van der Waals surface area contributed by atoms with Crippen molar-refractivity contribution >= 4 is 20.7 Å². The van der Waals surface area contributed by atoms with Crippen molar-refractivity contribution in [3.63, 3.8) is 0 Å². The van der Waals surface area contributed by atoms with Crippen molar-refractivity contribution in [3.05, 3.63) is 0 Å². The van der Waals surface area contributed by atoms with Crippen LogP contribution in [0.2, 0.25) is 0 Å². The maximum Gasteiger partial charge on any atom is 0.114 e. The first kappa shape index (κ1) is 9.49. The maximum atomic E-state index is 10.5. The van der Waals surface area contributed by atoms with E-state index in [2.05, 4.69) is 0 Å². The second kappa shape index (κ2) is 5.12. The minimum absolute atomic E-state index is 0.623. The van der Waals surface area contributed by atoms with E-state index < -0.39 is 10.0 Å². The van der Waals surface area contributed by atoms with Crippen molar-refractivity contribution in [2.24, 2.45) is 5.92 Å². The van der Waals surface area contributed by atoms with Gasteiger partial charge in [0.2, 0.25) is 0 Å². The van der Waals surface area contributed by atoms with Crippen LogP contribution in [0.4, 0.5) is 0 Å². The Morgan fingerprint density at radius 2 is 2.45 bits per heavy atom. The lowest BCUT2D eigenvalue weighted by Gasteiger charge is -2.04. The molecule has 1 fully saturated rings. The molecule has 2 nitrogen and oxygen atoms in total. The number of hydrogen-bond donors (Lipinski definition) is 0. The van der Waals surface area contributed by atoms with Gasteiger partial charge in [-0.25, -0.2) is 4.21 Å². The van der Waals surface area contributed by atoms with Crippen molar-refractivity contribution < 1.29 is 8.95 Å². The molecule has 1 aliphatic heterocycles. The summed E-state index contributed by atoms with van der Waals surface area (Å²) in [5.41, 5.74) is 0. The van der Waals surface area contributed by atoms with E-state index in [9.17, 15) is 4.21 Å². The average molecular weight is 197 g/mol. The van der Waals surface area contributed by atoms with E-state index in [1.807, 2.05) is 0 Å². The Hall–Kier alpha value is 0.400. The molecular weight excluding hydrogens is 184 g/mol. The maximum absolute atomic E-state index is 10.5. The zero-order chi connectivity index (χ0) is 8.10. The van der Waals surface area contributed by atoms with E-state index in [-0.39, 0.29) is 0 Å². The summed E-state index contributed by atoms with van der Waals surface area (Å²) in [4.78, 5) is 0. The fourth-order valence-electron chi connectivity index (χ4n) is 1.30. The molecule has 1 heterocycles.